The van der Waals surface area contributed by atoms with Crippen molar-refractivity contribution in [3.8, 4) is 0 Å². The number of carbonyl (C=O) groups excluding carboxylic acids is 2. The summed E-state index contributed by atoms with van der Waals surface area (Å²) in [6.45, 7) is 8.08. The van der Waals surface area contributed by atoms with E-state index in [0.29, 0.717) is 22.8 Å². The Labute approximate surface area is 136 Å². The molecule has 0 fully saturated rings. The standard InChI is InChI=1S/C16H24ClN3O2/c1-5-6-14(21)19-11-7-8-12(17)13(9-11)20-15(22)10-18-16(2,3)4/h7-9,18H,5-6,10H2,1-4H3,(H,19,21)(H,20,22). The topological polar surface area (TPSA) is 70.2 Å². The van der Waals surface area contributed by atoms with E-state index in [1.54, 1.807) is 18.2 Å². The molecule has 3 N–H and O–H groups in total. The lowest BCUT2D eigenvalue weighted by Crippen LogP contribution is -2.41. The number of anilines is 2. The van der Waals surface area contributed by atoms with Crippen LogP contribution in [0.4, 0.5) is 11.4 Å². The molecule has 0 aliphatic heterocycles. The van der Waals surface area contributed by atoms with Crippen molar-refractivity contribution < 1.29 is 9.59 Å². The third-order valence-corrected chi connectivity index (χ3v) is 3.11. The number of amides is 2. The van der Waals surface area contributed by atoms with Crippen LogP contribution in [0.3, 0.4) is 0 Å². The zero-order valence-electron chi connectivity index (χ0n) is 13.5. The van der Waals surface area contributed by atoms with Crippen LogP contribution >= 0.6 is 11.6 Å². The summed E-state index contributed by atoms with van der Waals surface area (Å²) in [4.78, 5) is 23.5. The molecule has 6 heteroatoms. The van der Waals surface area contributed by atoms with Gasteiger partial charge in [-0.3, -0.25) is 9.59 Å². The fourth-order valence-electron chi connectivity index (χ4n) is 1.69. The van der Waals surface area contributed by atoms with Crippen molar-refractivity contribution in [2.24, 2.45) is 0 Å². The second-order valence-electron chi connectivity index (χ2n) is 6.14. The molecular formula is C16H24ClN3O2. The maximum Gasteiger partial charge on any atom is 0.238 e. The lowest BCUT2D eigenvalue weighted by atomic mass is 10.1. The summed E-state index contributed by atoms with van der Waals surface area (Å²) in [5.74, 6) is -0.245. The van der Waals surface area contributed by atoms with E-state index in [1.165, 1.54) is 0 Å². The molecule has 0 bridgehead atoms. The Morgan fingerprint density at radius 3 is 2.41 bits per heavy atom. The molecule has 0 radical (unpaired) electrons. The lowest BCUT2D eigenvalue weighted by Gasteiger charge is -2.20. The van der Waals surface area contributed by atoms with Gasteiger partial charge in [-0.2, -0.15) is 0 Å². The minimum atomic E-state index is -0.186. The molecule has 5 nitrogen and oxygen atoms in total. The molecule has 0 atom stereocenters. The van der Waals surface area contributed by atoms with Crippen LogP contribution in [-0.4, -0.2) is 23.9 Å². The van der Waals surface area contributed by atoms with Crippen LogP contribution in [0.15, 0.2) is 18.2 Å². The highest BCUT2D eigenvalue weighted by Crippen LogP contribution is 2.25. The van der Waals surface area contributed by atoms with E-state index in [2.05, 4.69) is 16.0 Å². The summed E-state index contributed by atoms with van der Waals surface area (Å²) in [7, 11) is 0. The van der Waals surface area contributed by atoms with E-state index in [1.807, 2.05) is 27.7 Å². The van der Waals surface area contributed by atoms with Gasteiger partial charge in [0, 0.05) is 17.6 Å². The third-order valence-electron chi connectivity index (χ3n) is 2.78. The van der Waals surface area contributed by atoms with Crippen LogP contribution in [-0.2, 0) is 9.59 Å². The van der Waals surface area contributed by atoms with Crippen LogP contribution in [0.5, 0.6) is 0 Å². The number of hydrogen-bond donors (Lipinski definition) is 3. The van der Waals surface area contributed by atoms with Crippen LogP contribution < -0.4 is 16.0 Å². The first-order valence-corrected chi connectivity index (χ1v) is 7.73. The Morgan fingerprint density at radius 2 is 1.82 bits per heavy atom. The Hall–Kier alpha value is -1.59. The number of nitrogens with one attached hydrogen (secondary N) is 3. The highest BCUT2D eigenvalue weighted by Gasteiger charge is 2.13. The van der Waals surface area contributed by atoms with Gasteiger partial charge in [0.25, 0.3) is 0 Å². The van der Waals surface area contributed by atoms with Crippen molar-refractivity contribution in [1.29, 1.82) is 0 Å². The van der Waals surface area contributed by atoms with E-state index in [9.17, 15) is 9.59 Å². The normalized spacial score (nSPS) is 11.1. The van der Waals surface area contributed by atoms with Crippen molar-refractivity contribution in [3.05, 3.63) is 23.2 Å². The highest BCUT2D eigenvalue weighted by molar-refractivity contribution is 6.33. The highest BCUT2D eigenvalue weighted by atomic mass is 35.5. The van der Waals surface area contributed by atoms with Gasteiger partial charge in [-0.15, -0.1) is 0 Å². The van der Waals surface area contributed by atoms with Crippen molar-refractivity contribution in [1.82, 2.24) is 5.32 Å². The van der Waals surface area contributed by atoms with Gasteiger partial charge in [0.2, 0.25) is 11.8 Å². The van der Waals surface area contributed by atoms with Crippen LogP contribution in [0.2, 0.25) is 5.02 Å². The SMILES string of the molecule is CCCC(=O)Nc1ccc(Cl)c(NC(=O)CNC(C)(C)C)c1. The number of hydrogen-bond acceptors (Lipinski definition) is 3. The van der Waals surface area contributed by atoms with Gasteiger partial charge >= 0.3 is 0 Å². The van der Waals surface area contributed by atoms with E-state index in [4.69, 9.17) is 11.6 Å². The summed E-state index contributed by atoms with van der Waals surface area (Å²) in [5, 5.41) is 9.05. The molecule has 1 aromatic carbocycles. The molecule has 0 aliphatic carbocycles. The van der Waals surface area contributed by atoms with E-state index < -0.39 is 0 Å². The molecule has 0 heterocycles. The molecule has 0 aromatic heterocycles. The molecule has 0 unspecified atom stereocenters. The Kier molecular flexibility index (Phi) is 6.84. The summed E-state index contributed by atoms with van der Waals surface area (Å²) in [6, 6.07) is 5.01. The Morgan fingerprint density at radius 1 is 1.14 bits per heavy atom. The molecule has 0 saturated heterocycles. The van der Waals surface area contributed by atoms with Gasteiger partial charge in [0.1, 0.15) is 0 Å². The van der Waals surface area contributed by atoms with Crippen molar-refractivity contribution in [2.75, 3.05) is 17.2 Å². The van der Waals surface area contributed by atoms with Crippen molar-refractivity contribution in [2.45, 2.75) is 46.1 Å². The monoisotopic (exact) mass is 325 g/mol. The predicted molar refractivity (Wildman–Crippen MR) is 91.4 cm³/mol. The minimum absolute atomic E-state index is 0.0588. The first kappa shape index (κ1) is 18.5. The largest absolute Gasteiger partial charge is 0.326 e. The molecular weight excluding hydrogens is 302 g/mol. The Bertz CT molecular complexity index is 539. The number of benzene rings is 1. The first-order chi connectivity index (χ1) is 10.2. The first-order valence-electron chi connectivity index (χ1n) is 7.35. The molecule has 0 saturated carbocycles. The van der Waals surface area contributed by atoms with Gasteiger partial charge in [0.15, 0.2) is 0 Å². The van der Waals surface area contributed by atoms with E-state index >= 15 is 0 Å². The fraction of sp³-hybridized carbons (Fsp3) is 0.500. The third kappa shape index (κ3) is 6.91. The summed E-state index contributed by atoms with van der Waals surface area (Å²) >= 11 is 6.08. The summed E-state index contributed by atoms with van der Waals surface area (Å²) in [6.07, 6.45) is 1.24. The number of halogens is 1. The number of carbonyl (C=O) groups is 2. The van der Waals surface area contributed by atoms with Gasteiger partial charge in [-0.25, -0.2) is 0 Å². The Balaban J connectivity index is 2.69. The van der Waals surface area contributed by atoms with Gasteiger partial charge in [0.05, 0.1) is 17.3 Å². The molecule has 22 heavy (non-hydrogen) atoms. The maximum atomic E-state index is 11.9. The average molecular weight is 326 g/mol. The molecule has 0 spiro atoms. The van der Waals surface area contributed by atoms with Crippen LogP contribution in [0.1, 0.15) is 40.5 Å². The van der Waals surface area contributed by atoms with E-state index in [0.717, 1.165) is 6.42 Å². The summed E-state index contributed by atoms with van der Waals surface area (Å²) in [5.41, 5.74) is 0.954. The lowest BCUT2D eigenvalue weighted by molar-refractivity contribution is -0.116. The molecule has 2 amide bonds. The van der Waals surface area contributed by atoms with Gasteiger partial charge in [-0.1, -0.05) is 18.5 Å². The van der Waals surface area contributed by atoms with Crippen LogP contribution in [0, 0.1) is 0 Å². The maximum absolute atomic E-state index is 11.9. The smallest absolute Gasteiger partial charge is 0.238 e. The zero-order chi connectivity index (χ0) is 16.8. The van der Waals surface area contributed by atoms with Crippen molar-refractivity contribution in [3.63, 3.8) is 0 Å². The van der Waals surface area contributed by atoms with Gasteiger partial charge < -0.3 is 16.0 Å². The van der Waals surface area contributed by atoms with Crippen LogP contribution in [0.25, 0.3) is 0 Å². The zero-order valence-corrected chi connectivity index (χ0v) is 14.3. The molecule has 1 rings (SSSR count). The summed E-state index contributed by atoms with van der Waals surface area (Å²) < 4.78 is 0. The number of rotatable bonds is 6. The molecule has 122 valence electrons. The molecule has 1 aromatic rings. The van der Waals surface area contributed by atoms with Gasteiger partial charge in [-0.05, 0) is 45.4 Å². The fourth-order valence-corrected chi connectivity index (χ4v) is 1.85. The quantitative estimate of drug-likeness (QED) is 0.750. The molecule has 0 aliphatic rings. The van der Waals surface area contributed by atoms with E-state index in [-0.39, 0.29) is 23.9 Å². The second-order valence-corrected chi connectivity index (χ2v) is 6.55. The average Bonchev–Trinajstić information content (AvgIpc) is 2.40. The van der Waals surface area contributed by atoms with Crippen molar-refractivity contribution >= 4 is 34.8 Å². The minimum Gasteiger partial charge on any atom is -0.326 e. The second kappa shape index (κ2) is 8.15. The predicted octanol–water partition coefficient (Wildman–Crippen LogP) is 3.41.